The molecule has 0 amide bonds. The molecular weight excluding hydrogens is 356 g/mol. The Morgan fingerprint density at radius 2 is 2.08 bits per heavy atom. The van der Waals surface area contributed by atoms with Gasteiger partial charge in [0, 0.05) is 11.6 Å². The Labute approximate surface area is 155 Å². The van der Waals surface area contributed by atoms with E-state index in [0.717, 1.165) is 33.5 Å². The van der Waals surface area contributed by atoms with Crippen molar-refractivity contribution in [1.82, 2.24) is 19.5 Å². The molecule has 2 aromatic heterocycles. The maximum absolute atomic E-state index is 10.8. The lowest BCUT2D eigenvalue weighted by molar-refractivity contribution is 0.149. The fraction of sp³-hybridized carbons (Fsp3) is 0.444. The van der Waals surface area contributed by atoms with E-state index in [4.69, 9.17) is 11.6 Å². The highest BCUT2D eigenvalue weighted by Crippen LogP contribution is 2.41. The van der Waals surface area contributed by atoms with Crippen molar-refractivity contribution in [2.45, 2.75) is 32.7 Å². The van der Waals surface area contributed by atoms with Crippen LogP contribution in [0.25, 0.3) is 4.96 Å². The summed E-state index contributed by atoms with van der Waals surface area (Å²) >= 11 is 7.59. The zero-order chi connectivity index (χ0) is 17.6. The number of thiazole rings is 1. The quantitative estimate of drug-likeness (QED) is 0.741. The minimum atomic E-state index is -0.00572. The van der Waals surface area contributed by atoms with E-state index in [1.165, 1.54) is 24.2 Å². The number of rotatable bonds is 3. The summed E-state index contributed by atoms with van der Waals surface area (Å²) < 4.78 is 1.55. The first-order chi connectivity index (χ1) is 12.0. The standard InChI is InChI=1S/C18H21ClN4OS/c1-11-4-3-9-22(10-11)15(13-5-7-14(19)8-6-13)16-17(24)23-18(25-16)20-12(2)21-23/h5-8,11,15,24H,3-4,9-10H2,1-2H3/t11-,15-/m0/s1. The summed E-state index contributed by atoms with van der Waals surface area (Å²) in [7, 11) is 0. The molecule has 3 heterocycles. The highest BCUT2D eigenvalue weighted by molar-refractivity contribution is 7.17. The normalized spacial score (nSPS) is 20.2. The van der Waals surface area contributed by atoms with Crippen LogP contribution in [0.3, 0.4) is 0 Å². The molecule has 1 aliphatic rings. The minimum Gasteiger partial charge on any atom is -0.492 e. The molecule has 0 radical (unpaired) electrons. The average Bonchev–Trinajstić information content (AvgIpc) is 3.08. The molecule has 4 rings (SSSR count). The molecule has 1 aromatic carbocycles. The number of piperidine rings is 1. The largest absolute Gasteiger partial charge is 0.492 e. The van der Waals surface area contributed by atoms with E-state index in [9.17, 15) is 5.11 Å². The smallest absolute Gasteiger partial charge is 0.230 e. The number of aromatic hydroxyl groups is 1. The van der Waals surface area contributed by atoms with Gasteiger partial charge in [0.1, 0.15) is 5.82 Å². The van der Waals surface area contributed by atoms with Gasteiger partial charge < -0.3 is 5.11 Å². The molecule has 25 heavy (non-hydrogen) atoms. The lowest BCUT2D eigenvalue weighted by atomic mass is 9.95. The highest BCUT2D eigenvalue weighted by Gasteiger charge is 2.31. The van der Waals surface area contributed by atoms with Gasteiger partial charge in [-0.3, -0.25) is 4.90 Å². The third kappa shape index (κ3) is 3.14. The third-order valence-electron chi connectivity index (χ3n) is 4.79. The second kappa shape index (κ2) is 6.59. The molecule has 1 N–H and O–H groups in total. The number of likely N-dealkylation sites (tertiary alicyclic amines) is 1. The van der Waals surface area contributed by atoms with Crippen molar-refractivity contribution in [3.8, 4) is 5.88 Å². The van der Waals surface area contributed by atoms with Crippen LogP contribution in [0, 0.1) is 12.8 Å². The molecule has 1 aliphatic heterocycles. The SMILES string of the molecule is Cc1nc2sc([C@H](c3ccc(Cl)cc3)N3CCC[C@H](C)C3)c(O)n2n1. The van der Waals surface area contributed by atoms with Crippen molar-refractivity contribution in [2.24, 2.45) is 5.92 Å². The van der Waals surface area contributed by atoms with Crippen LogP contribution in [0.5, 0.6) is 5.88 Å². The Morgan fingerprint density at radius 1 is 1.32 bits per heavy atom. The molecule has 3 aromatic rings. The predicted molar refractivity (Wildman–Crippen MR) is 101 cm³/mol. The zero-order valence-corrected chi connectivity index (χ0v) is 15.9. The summed E-state index contributed by atoms with van der Waals surface area (Å²) in [6, 6.07) is 7.92. The molecule has 5 nitrogen and oxygen atoms in total. The van der Waals surface area contributed by atoms with Crippen LogP contribution in [0.1, 0.15) is 42.1 Å². The summed E-state index contributed by atoms with van der Waals surface area (Å²) in [6.45, 7) is 6.15. The third-order valence-corrected chi connectivity index (χ3v) is 6.12. The summed E-state index contributed by atoms with van der Waals surface area (Å²) in [6.07, 6.45) is 2.43. The van der Waals surface area contributed by atoms with Gasteiger partial charge in [-0.05, 0) is 49.9 Å². The van der Waals surface area contributed by atoms with Gasteiger partial charge in [-0.15, -0.1) is 5.10 Å². The van der Waals surface area contributed by atoms with Crippen LogP contribution in [-0.4, -0.2) is 37.7 Å². The number of benzene rings is 1. The Hall–Kier alpha value is -1.63. The lowest BCUT2D eigenvalue weighted by Crippen LogP contribution is -2.37. The summed E-state index contributed by atoms with van der Waals surface area (Å²) in [4.78, 5) is 8.49. The van der Waals surface area contributed by atoms with Crippen LogP contribution in [-0.2, 0) is 0 Å². The van der Waals surface area contributed by atoms with Gasteiger partial charge in [0.15, 0.2) is 0 Å². The first kappa shape index (κ1) is 16.8. The average molecular weight is 377 g/mol. The number of nitrogens with zero attached hydrogens (tertiary/aromatic N) is 4. The molecule has 0 unspecified atom stereocenters. The van der Waals surface area contributed by atoms with Crippen LogP contribution in [0.4, 0.5) is 0 Å². The Morgan fingerprint density at radius 3 is 2.76 bits per heavy atom. The Kier molecular flexibility index (Phi) is 4.43. The van der Waals surface area contributed by atoms with Gasteiger partial charge in [-0.2, -0.15) is 4.52 Å². The molecule has 7 heteroatoms. The summed E-state index contributed by atoms with van der Waals surface area (Å²) in [5.41, 5.74) is 1.13. The zero-order valence-electron chi connectivity index (χ0n) is 14.3. The van der Waals surface area contributed by atoms with Gasteiger partial charge in [0.2, 0.25) is 10.8 Å². The second-order valence-electron chi connectivity index (χ2n) is 6.84. The summed E-state index contributed by atoms with van der Waals surface area (Å²) in [5, 5.41) is 15.8. The van der Waals surface area contributed by atoms with Crippen molar-refractivity contribution in [3.63, 3.8) is 0 Å². The number of halogens is 1. The highest BCUT2D eigenvalue weighted by atomic mass is 35.5. The molecule has 1 saturated heterocycles. The van der Waals surface area contributed by atoms with E-state index in [0.29, 0.717) is 11.7 Å². The monoisotopic (exact) mass is 376 g/mol. The number of aryl methyl sites for hydroxylation is 1. The van der Waals surface area contributed by atoms with Crippen molar-refractivity contribution in [3.05, 3.63) is 45.6 Å². The second-order valence-corrected chi connectivity index (χ2v) is 8.29. The van der Waals surface area contributed by atoms with E-state index in [1.807, 2.05) is 31.2 Å². The predicted octanol–water partition coefficient (Wildman–Crippen LogP) is 4.28. The van der Waals surface area contributed by atoms with Crippen molar-refractivity contribution >= 4 is 27.9 Å². The number of fused-ring (bicyclic) bond motifs is 1. The van der Waals surface area contributed by atoms with Crippen molar-refractivity contribution in [2.75, 3.05) is 13.1 Å². The lowest BCUT2D eigenvalue weighted by Gasteiger charge is -2.37. The van der Waals surface area contributed by atoms with E-state index in [-0.39, 0.29) is 11.9 Å². The summed E-state index contributed by atoms with van der Waals surface area (Å²) in [5.74, 6) is 1.51. The van der Waals surface area contributed by atoms with Gasteiger partial charge in [0.05, 0.1) is 10.9 Å². The number of hydrogen-bond acceptors (Lipinski definition) is 5. The minimum absolute atomic E-state index is 0.00572. The molecule has 132 valence electrons. The molecule has 0 spiro atoms. The van der Waals surface area contributed by atoms with Gasteiger partial charge in [-0.1, -0.05) is 42.0 Å². The van der Waals surface area contributed by atoms with Gasteiger partial charge in [0.25, 0.3) is 0 Å². The molecule has 1 fully saturated rings. The van der Waals surface area contributed by atoms with Crippen LogP contribution in [0.15, 0.2) is 24.3 Å². The van der Waals surface area contributed by atoms with E-state index >= 15 is 0 Å². The molecule has 2 atom stereocenters. The molecule has 0 saturated carbocycles. The van der Waals surface area contributed by atoms with Crippen LogP contribution >= 0.6 is 22.9 Å². The topological polar surface area (TPSA) is 53.7 Å². The van der Waals surface area contributed by atoms with E-state index in [2.05, 4.69) is 21.9 Å². The van der Waals surface area contributed by atoms with Crippen LogP contribution < -0.4 is 0 Å². The van der Waals surface area contributed by atoms with E-state index < -0.39 is 0 Å². The number of hydrogen-bond donors (Lipinski definition) is 1. The van der Waals surface area contributed by atoms with Crippen molar-refractivity contribution in [1.29, 1.82) is 0 Å². The maximum Gasteiger partial charge on any atom is 0.230 e. The van der Waals surface area contributed by atoms with Crippen molar-refractivity contribution < 1.29 is 5.11 Å². The fourth-order valence-corrected chi connectivity index (χ4v) is 4.95. The van der Waals surface area contributed by atoms with Gasteiger partial charge in [-0.25, -0.2) is 4.98 Å². The number of aromatic nitrogens is 3. The fourth-order valence-electron chi connectivity index (χ4n) is 3.66. The Bertz CT molecular complexity index is 889. The maximum atomic E-state index is 10.8. The first-order valence-electron chi connectivity index (χ1n) is 8.57. The Balaban J connectivity index is 1.81. The molecule has 0 bridgehead atoms. The van der Waals surface area contributed by atoms with Crippen LogP contribution in [0.2, 0.25) is 5.02 Å². The van der Waals surface area contributed by atoms with E-state index in [1.54, 1.807) is 4.52 Å². The molecular formula is C18H21ClN4OS. The van der Waals surface area contributed by atoms with Gasteiger partial charge >= 0.3 is 0 Å². The first-order valence-corrected chi connectivity index (χ1v) is 9.77. The molecule has 0 aliphatic carbocycles.